The molecule has 0 fully saturated rings. The molecular weight excluding hydrogens is 548 g/mol. The van der Waals surface area contributed by atoms with Gasteiger partial charge in [-0.2, -0.15) is 0 Å². The first kappa shape index (κ1) is 25.9. The van der Waals surface area contributed by atoms with E-state index in [1.807, 2.05) is 0 Å². The summed E-state index contributed by atoms with van der Waals surface area (Å²) in [6.45, 7) is 0. The topological polar surface area (TPSA) is 178 Å². The number of benzene rings is 4. The molecule has 0 bridgehead atoms. The number of nitro groups is 2. The van der Waals surface area contributed by atoms with Crippen LogP contribution in [0.4, 0.5) is 22.7 Å². The van der Waals surface area contributed by atoms with Crippen molar-refractivity contribution in [3.63, 3.8) is 0 Å². The summed E-state index contributed by atoms with van der Waals surface area (Å²) in [7, 11) is 0. The highest BCUT2D eigenvalue weighted by atomic mass is 16.6. The predicted molar refractivity (Wildman–Crippen MR) is 145 cm³/mol. The highest BCUT2D eigenvalue weighted by Gasteiger charge is 2.43. The van der Waals surface area contributed by atoms with Crippen LogP contribution in [0.2, 0.25) is 0 Å². The minimum absolute atomic E-state index is 0.0953. The van der Waals surface area contributed by atoms with Gasteiger partial charge in [0.05, 0.1) is 32.3 Å². The highest BCUT2D eigenvalue weighted by molar-refractivity contribution is 6.36. The van der Waals surface area contributed by atoms with Crippen molar-refractivity contribution < 1.29 is 33.8 Å². The quantitative estimate of drug-likeness (QED) is 0.143. The first-order chi connectivity index (χ1) is 20.1. The number of hydrogen-bond acceptors (Lipinski definition) is 9. The molecule has 0 aliphatic carbocycles. The van der Waals surface area contributed by atoms with Crippen LogP contribution in [0.25, 0.3) is 0 Å². The molecule has 6 rings (SSSR count). The third-order valence-electron chi connectivity index (χ3n) is 6.95. The number of carbonyl (C=O) groups is 5. The lowest BCUT2D eigenvalue weighted by Gasteiger charge is -2.15. The van der Waals surface area contributed by atoms with Gasteiger partial charge in [-0.3, -0.25) is 44.2 Å². The van der Waals surface area contributed by atoms with Crippen molar-refractivity contribution in [2.45, 2.75) is 0 Å². The molecule has 0 spiro atoms. The van der Waals surface area contributed by atoms with Crippen molar-refractivity contribution in [3.8, 4) is 0 Å². The number of anilines is 2. The van der Waals surface area contributed by atoms with Crippen LogP contribution in [0.15, 0.2) is 84.9 Å². The zero-order valence-electron chi connectivity index (χ0n) is 21.0. The molecule has 4 aromatic carbocycles. The maximum absolute atomic E-state index is 13.1. The van der Waals surface area contributed by atoms with Crippen LogP contribution in [0.1, 0.15) is 57.4 Å². The van der Waals surface area contributed by atoms with Crippen LogP contribution in [0, 0.1) is 20.2 Å². The van der Waals surface area contributed by atoms with Crippen molar-refractivity contribution in [2.24, 2.45) is 0 Å². The second-order valence-corrected chi connectivity index (χ2v) is 9.23. The summed E-state index contributed by atoms with van der Waals surface area (Å²) in [5.74, 6) is -3.62. The van der Waals surface area contributed by atoms with E-state index in [1.54, 1.807) is 0 Å². The number of ketones is 1. The number of imide groups is 2. The average Bonchev–Trinajstić information content (AvgIpc) is 3.41. The van der Waals surface area contributed by atoms with Gasteiger partial charge in [0.25, 0.3) is 35.0 Å². The summed E-state index contributed by atoms with van der Waals surface area (Å²) < 4.78 is 0. The highest BCUT2D eigenvalue weighted by Crippen LogP contribution is 2.35. The minimum Gasteiger partial charge on any atom is -0.289 e. The number of rotatable bonds is 6. The maximum atomic E-state index is 13.1. The SMILES string of the molecule is O=C(c1ccc(N2C(=O)c3cccc([N+](=O)[O-])c3C2=O)cc1)c1ccc(N2C(=O)c3cccc([N+](=O)[O-])c3C2=O)cc1. The number of hydrogen-bond donors (Lipinski definition) is 0. The molecule has 13 nitrogen and oxygen atoms in total. The number of amides is 4. The van der Waals surface area contributed by atoms with Gasteiger partial charge in [0.15, 0.2) is 5.78 Å². The predicted octanol–water partition coefficient (Wildman–Crippen LogP) is 4.34. The zero-order valence-corrected chi connectivity index (χ0v) is 21.0. The minimum atomic E-state index is -0.851. The van der Waals surface area contributed by atoms with Crippen LogP contribution < -0.4 is 9.80 Å². The fraction of sp³-hybridized carbons (Fsp3) is 0. The molecule has 0 atom stereocenters. The lowest BCUT2D eigenvalue weighted by molar-refractivity contribution is -0.385. The maximum Gasteiger partial charge on any atom is 0.283 e. The van der Waals surface area contributed by atoms with Gasteiger partial charge in [-0.25, -0.2) is 9.80 Å². The molecule has 0 unspecified atom stereocenters. The average molecular weight is 562 g/mol. The van der Waals surface area contributed by atoms with Crippen molar-refractivity contribution in [3.05, 3.63) is 139 Å². The van der Waals surface area contributed by atoms with Gasteiger partial charge in [0.2, 0.25) is 0 Å². The Kier molecular flexibility index (Phi) is 5.78. The van der Waals surface area contributed by atoms with E-state index in [0.717, 1.165) is 21.9 Å². The molecule has 42 heavy (non-hydrogen) atoms. The van der Waals surface area contributed by atoms with E-state index in [2.05, 4.69) is 0 Å². The molecule has 204 valence electrons. The molecule has 4 aromatic rings. The third-order valence-corrected chi connectivity index (χ3v) is 6.95. The molecule has 0 aromatic heterocycles. The van der Waals surface area contributed by atoms with E-state index in [1.165, 1.54) is 72.8 Å². The van der Waals surface area contributed by atoms with Gasteiger partial charge in [-0.1, -0.05) is 12.1 Å². The standard InChI is InChI=1S/C29H14N4O9/c34-25(15-7-11-17(12-8-15)30-26(35)19-3-1-5-21(32(39)40)23(19)28(30)37)16-9-13-18(14-10-16)31-27(36)20-4-2-6-22(33(41)42)24(20)29(31)38/h1-14H. The number of nitrogens with zero attached hydrogens (tertiary/aromatic N) is 4. The van der Waals surface area contributed by atoms with E-state index < -0.39 is 50.6 Å². The fourth-order valence-corrected chi connectivity index (χ4v) is 5.00. The van der Waals surface area contributed by atoms with Gasteiger partial charge in [0.1, 0.15) is 11.1 Å². The van der Waals surface area contributed by atoms with Crippen LogP contribution in [0.3, 0.4) is 0 Å². The largest absolute Gasteiger partial charge is 0.289 e. The van der Waals surface area contributed by atoms with Gasteiger partial charge in [-0.05, 0) is 60.7 Å². The van der Waals surface area contributed by atoms with Crippen LogP contribution >= 0.6 is 0 Å². The van der Waals surface area contributed by atoms with E-state index in [9.17, 15) is 44.2 Å². The smallest absolute Gasteiger partial charge is 0.283 e. The Morgan fingerprint density at radius 2 is 0.881 bits per heavy atom. The monoisotopic (exact) mass is 562 g/mol. The lowest BCUT2D eigenvalue weighted by Crippen LogP contribution is -2.29. The summed E-state index contributed by atoms with van der Waals surface area (Å²) in [6.07, 6.45) is 0. The molecule has 2 aliphatic heterocycles. The first-order valence-corrected chi connectivity index (χ1v) is 12.2. The fourth-order valence-electron chi connectivity index (χ4n) is 5.00. The lowest BCUT2D eigenvalue weighted by atomic mass is 10.0. The Bertz CT molecular complexity index is 1790. The molecule has 0 N–H and O–H groups in total. The van der Waals surface area contributed by atoms with Crippen molar-refractivity contribution >= 4 is 52.2 Å². The van der Waals surface area contributed by atoms with Crippen LogP contribution in [-0.4, -0.2) is 39.3 Å². The number of nitro benzene ring substituents is 2. The Balaban J connectivity index is 1.23. The van der Waals surface area contributed by atoms with Crippen LogP contribution in [-0.2, 0) is 0 Å². The van der Waals surface area contributed by atoms with Crippen molar-refractivity contribution in [2.75, 3.05) is 9.80 Å². The summed E-state index contributed by atoms with van der Waals surface area (Å²) in [6, 6.07) is 18.5. The molecule has 0 saturated carbocycles. The number of fused-ring (bicyclic) bond motifs is 2. The second-order valence-electron chi connectivity index (χ2n) is 9.23. The summed E-state index contributed by atoms with van der Waals surface area (Å²) in [5.41, 5.74) is -1.17. The molecule has 0 radical (unpaired) electrons. The molecule has 2 heterocycles. The summed E-state index contributed by atoms with van der Waals surface area (Å²) in [5, 5.41) is 22.7. The van der Waals surface area contributed by atoms with Gasteiger partial charge < -0.3 is 0 Å². The van der Waals surface area contributed by atoms with E-state index in [0.29, 0.717) is 0 Å². The normalized spacial score (nSPS) is 13.8. The number of carbonyl (C=O) groups excluding carboxylic acids is 5. The first-order valence-electron chi connectivity index (χ1n) is 12.2. The van der Waals surface area contributed by atoms with Crippen molar-refractivity contribution in [1.29, 1.82) is 0 Å². The van der Waals surface area contributed by atoms with E-state index in [4.69, 9.17) is 0 Å². The Morgan fingerprint density at radius 1 is 0.524 bits per heavy atom. The second kappa shape index (κ2) is 9.38. The van der Waals surface area contributed by atoms with Crippen molar-refractivity contribution in [1.82, 2.24) is 0 Å². The van der Waals surface area contributed by atoms with Gasteiger partial charge >= 0.3 is 0 Å². The molecule has 13 heteroatoms. The van der Waals surface area contributed by atoms with Gasteiger partial charge in [0, 0.05) is 23.3 Å². The van der Waals surface area contributed by atoms with E-state index in [-0.39, 0.29) is 44.8 Å². The Morgan fingerprint density at radius 3 is 1.21 bits per heavy atom. The molecule has 0 saturated heterocycles. The molecule has 2 aliphatic rings. The Labute approximate surface area is 234 Å². The third kappa shape index (κ3) is 3.76. The zero-order chi connectivity index (χ0) is 29.9. The molecule has 4 amide bonds. The van der Waals surface area contributed by atoms with Crippen LogP contribution in [0.5, 0.6) is 0 Å². The summed E-state index contributed by atoms with van der Waals surface area (Å²) >= 11 is 0. The van der Waals surface area contributed by atoms with Gasteiger partial charge in [-0.15, -0.1) is 0 Å². The summed E-state index contributed by atoms with van der Waals surface area (Å²) in [4.78, 5) is 87.5. The van der Waals surface area contributed by atoms with E-state index >= 15 is 0 Å². The Hall–Kier alpha value is -6.37. The molecular formula is C29H14N4O9.